The molecule has 1 atom stereocenters. The molecular weight excluding hydrogens is 85.0 g/mol. The summed E-state index contributed by atoms with van der Waals surface area (Å²) in [6.07, 6.45) is 0. The van der Waals surface area contributed by atoms with E-state index in [9.17, 15) is 4.79 Å². The number of aliphatic carboxylic acids is 1. The van der Waals surface area contributed by atoms with Crippen molar-refractivity contribution in [3.8, 4) is 0 Å². The van der Waals surface area contributed by atoms with Gasteiger partial charge >= 0.3 is 5.97 Å². The van der Waals surface area contributed by atoms with Crippen LogP contribution in [0.3, 0.4) is 0 Å². The second-order valence-corrected chi connectivity index (χ2v) is 1.13. The van der Waals surface area contributed by atoms with E-state index in [-0.39, 0.29) is 0 Å². The smallest absolute Gasteiger partial charge is 0.320 e. The number of carbonyl (C=O) groups is 1. The molecule has 0 amide bonds. The van der Waals surface area contributed by atoms with E-state index < -0.39 is 12.0 Å². The fourth-order valence-electron chi connectivity index (χ4n) is 0. The van der Waals surface area contributed by atoms with Crippen molar-refractivity contribution in [2.75, 3.05) is 0 Å². The van der Waals surface area contributed by atoms with Crippen LogP contribution >= 0.6 is 0 Å². The van der Waals surface area contributed by atoms with E-state index in [0.29, 0.717) is 0 Å². The fourth-order valence-corrected chi connectivity index (χ4v) is 0. The summed E-state index contributed by atoms with van der Waals surface area (Å²) in [5, 5.41) is 7.87. The number of carboxylic acid groups (broad SMARTS) is 1. The molecule has 0 spiro atoms. The lowest BCUT2D eigenvalue weighted by Gasteiger charge is -1.90. The third kappa shape index (κ3) is 1.72. The lowest BCUT2D eigenvalue weighted by atomic mass is 11.3. The average molecular weight is 92.1 g/mol. The predicted molar refractivity (Wildman–Crippen MR) is 21.3 cm³/mol. The largest absolute Gasteiger partial charge is 0.480 e. The van der Waals surface area contributed by atoms with E-state index >= 15 is 0 Å². The molecule has 0 rings (SSSR count). The lowest BCUT2D eigenvalue weighted by Crippen LogP contribution is -2.25. The first-order valence-corrected chi connectivity index (χ1v) is 1.63. The Labute approximate surface area is 35.8 Å². The van der Waals surface area contributed by atoms with Gasteiger partial charge in [-0.05, 0) is 6.92 Å². The van der Waals surface area contributed by atoms with Crippen molar-refractivity contribution >= 4 is 5.97 Å². The maximum absolute atomic E-state index is 9.57. The van der Waals surface area contributed by atoms with Crippen LogP contribution in [0.15, 0.2) is 0 Å². The highest BCUT2D eigenvalue weighted by atomic mass is 16.5. The van der Waals surface area contributed by atoms with Crippen LogP contribution in [0.25, 0.3) is 0 Å². The summed E-state index contributed by atoms with van der Waals surface area (Å²) in [5.74, 6) is -0.963. The van der Waals surface area contributed by atoms with Gasteiger partial charge in [0, 0.05) is 0 Å². The number of rotatable bonds is 1. The van der Waals surface area contributed by atoms with Gasteiger partial charge in [-0.3, -0.25) is 4.79 Å². The van der Waals surface area contributed by atoms with E-state index in [1.807, 2.05) is 0 Å². The first kappa shape index (κ1) is 5.43. The molecule has 0 aliphatic carbocycles. The molecule has 0 heterocycles. The summed E-state index contributed by atoms with van der Waals surface area (Å²) in [7, 11) is 0. The van der Waals surface area contributed by atoms with Crippen LogP contribution < -0.4 is 5.73 Å². The Morgan fingerprint density at radius 2 is 2.17 bits per heavy atom. The Bertz CT molecular complexity index is 59.8. The van der Waals surface area contributed by atoms with Crippen LogP contribution in [0.2, 0.25) is 0 Å². The van der Waals surface area contributed by atoms with Crippen molar-refractivity contribution in [2.45, 2.75) is 13.0 Å². The first-order valence-electron chi connectivity index (χ1n) is 1.63. The van der Waals surface area contributed by atoms with Crippen molar-refractivity contribution in [1.29, 1.82) is 0 Å². The van der Waals surface area contributed by atoms with Gasteiger partial charge in [-0.15, -0.1) is 0 Å². The molecule has 0 saturated heterocycles. The predicted octanol–water partition coefficient (Wildman–Crippen LogP) is -0.582. The molecule has 0 aromatic rings. The third-order valence-corrected chi connectivity index (χ3v) is 0.390. The van der Waals surface area contributed by atoms with Crippen molar-refractivity contribution < 1.29 is 9.90 Å². The number of carboxylic acids is 1. The molecule has 0 aromatic heterocycles. The highest BCUT2D eigenvalue weighted by Crippen LogP contribution is 1.68. The van der Waals surface area contributed by atoms with E-state index in [1.165, 1.54) is 6.92 Å². The van der Waals surface area contributed by atoms with E-state index in [2.05, 4.69) is 0 Å². The minimum Gasteiger partial charge on any atom is -0.480 e. The Balaban J connectivity index is 3.26. The van der Waals surface area contributed by atoms with Crippen LogP contribution in [-0.2, 0) is 4.79 Å². The zero-order valence-electron chi connectivity index (χ0n) is 3.51. The maximum Gasteiger partial charge on any atom is 0.320 e. The second kappa shape index (κ2) is 1.77. The van der Waals surface area contributed by atoms with Gasteiger partial charge in [0.15, 0.2) is 0 Å². The standard InChI is InChI=1S/C3H7NO2/c1-2(4)3(5)6/h2H,4H2,1H3,(H,5,6)/t2-/m0/s1/i1+1,2+1,3+1. The minimum atomic E-state index is -0.963. The molecule has 0 bridgehead atoms. The van der Waals surface area contributed by atoms with Gasteiger partial charge in [0.05, 0.1) is 0 Å². The van der Waals surface area contributed by atoms with E-state index in [1.54, 1.807) is 0 Å². The summed E-state index contributed by atoms with van der Waals surface area (Å²) < 4.78 is 0. The normalized spacial score (nSPS) is 13.7. The number of hydrogen-bond acceptors (Lipinski definition) is 2. The van der Waals surface area contributed by atoms with Gasteiger partial charge in [-0.2, -0.15) is 0 Å². The summed E-state index contributed by atoms with van der Waals surface area (Å²) in [5.41, 5.74) is 4.84. The summed E-state index contributed by atoms with van der Waals surface area (Å²) in [6, 6.07) is -0.731. The summed E-state index contributed by atoms with van der Waals surface area (Å²) in [4.78, 5) is 9.57. The molecule has 0 fully saturated rings. The van der Waals surface area contributed by atoms with E-state index in [4.69, 9.17) is 10.8 Å². The molecule has 0 saturated carbocycles. The highest BCUT2D eigenvalue weighted by Gasteiger charge is 1.99. The van der Waals surface area contributed by atoms with Gasteiger partial charge in [-0.25, -0.2) is 0 Å². The molecule has 3 nitrogen and oxygen atoms in total. The minimum absolute atomic E-state index is 0.731. The van der Waals surface area contributed by atoms with Gasteiger partial charge in [0.25, 0.3) is 0 Å². The zero-order valence-corrected chi connectivity index (χ0v) is 3.51. The molecule has 3 heteroatoms. The quantitative estimate of drug-likeness (QED) is 0.425. The van der Waals surface area contributed by atoms with E-state index in [0.717, 1.165) is 0 Å². The molecular formula is C3H7NO2. The van der Waals surface area contributed by atoms with Crippen LogP contribution in [0, 0.1) is 0 Å². The molecule has 0 aliphatic rings. The van der Waals surface area contributed by atoms with Crippen molar-refractivity contribution in [1.82, 2.24) is 0 Å². The van der Waals surface area contributed by atoms with Crippen molar-refractivity contribution in [3.05, 3.63) is 0 Å². The topological polar surface area (TPSA) is 63.3 Å². The molecule has 0 aromatic carbocycles. The molecule has 0 radical (unpaired) electrons. The van der Waals surface area contributed by atoms with Crippen molar-refractivity contribution in [2.24, 2.45) is 5.73 Å². The highest BCUT2D eigenvalue weighted by molar-refractivity contribution is 5.72. The van der Waals surface area contributed by atoms with Crippen molar-refractivity contribution in [3.63, 3.8) is 0 Å². The molecule has 6 heavy (non-hydrogen) atoms. The Morgan fingerprint density at radius 1 is 2.00 bits per heavy atom. The maximum atomic E-state index is 9.57. The Hall–Kier alpha value is -0.570. The molecule has 36 valence electrons. The first-order chi connectivity index (χ1) is 2.64. The van der Waals surface area contributed by atoms with Crippen LogP contribution in [0.1, 0.15) is 6.92 Å². The SMILES string of the molecule is [13CH3][13C@H](N)[13C](=O)O. The average Bonchev–Trinajstić information content (AvgIpc) is 1.36. The Morgan fingerprint density at radius 3 is 2.17 bits per heavy atom. The fraction of sp³-hybridized carbons (Fsp3) is 0.667. The second-order valence-electron chi connectivity index (χ2n) is 1.13. The molecule has 3 N–H and O–H groups in total. The summed E-state index contributed by atoms with van der Waals surface area (Å²) in [6.45, 7) is 1.42. The van der Waals surface area contributed by atoms with Crippen LogP contribution in [0.4, 0.5) is 0 Å². The number of hydrogen-bond donors (Lipinski definition) is 2. The zero-order chi connectivity index (χ0) is 5.15. The van der Waals surface area contributed by atoms with Gasteiger partial charge in [0.2, 0.25) is 0 Å². The third-order valence-electron chi connectivity index (χ3n) is 0.390. The van der Waals surface area contributed by atoms with Gasteiger partial charge in [-0.1, -0.05) is 0 Å². The number of nitrogens with two attached hydrogens (primary N) is 1. The van der Waals surface area contributed by atoms with Crippen LogP contribution in [-0.4, -0.2) is 17.1 Å². The Kier molecular flexibility index (Phi) is 1.60. The van der Waals surface area contributed by atoms with Crippen LogP contribution in [0.5, 0.6) is 0 Å². The monoisotopic (exact) mass is 92.1 g/mol. The van der Waals surface area contributed by atoms with Gasteiger partial charge in [0.1, 0.15) is 6.04 Å². The lowest BCUT2D eigenvalue weighted by molar-refractivity contribution is -0.138. The summed E-state index contributed by atoms with van der Waals surface area (Å²) >= 11 is 0. The molecule has 0 unspecified atom stereocenters. The molecule has 0 aliphatic heterocycles. The van der Waals surface area contributed by atoms with Gasteiger partial charge < -0.3 is 10.8 Å².